The summed E-state index contributed by atoms with van der Waals surface area (Å²) in [7, 11) is 0. The van der Waals surface area contributed by atoms with Crippen LogP contribution in [0.4, 0.5) is 16.2 Å². The smallest absolute Gasteiger partial charge is 0.308 e. The SMILES string of the molecule is Cc1ccc(NC(=O)Nc2cccnc2Sc2ccccc2C(C)(C)C)cc1. The van der Waals surface area contributed by atoms with Crippen molar-refractivity contribution in [2.24, 2.45) is 0 Å². The molecule has 2 amide bonds. The maximum absolute atomic E-state index is 12.4. The minimum absolute atomic E-state index is 0.0226. The first-order valence-electron chi connectivity index (χ1n) is 9.20. The van der Waals surface area contributed by atoms with Gasteiger partial charge in [-0.15, -0.1) is 0 Å². The average Bonchev–Trinajstić information content (AvgIpc) is 2.65. The van der Waals surface area contributed by atoms with Crippen LogP contribution in [0, 0.1) is 6.92 Å². The molecule has 0 radical (unpaired) electrons. The van der Waals surface area contributed by atoms with Crippen molar-refractivity contribution in [3.05, 3.63) is 78.0 Å². The van der Waals surface area contributed by atoms with Gasteiger partial charge in [-0.3, -0.25) is 0 Å². The van der Waals surface area contributed by atoms with Crippen molar-refractivity contribution in [2.75, 3.05) is 10.6 Å². The van der Waals surface area contributed by atoms with E-state index in [1.807, 2.05) is 49.4 Å². The number of nitrogens with zero attached hydrogens (tertiary/aromatic N) is 1. The van der Waals surface area contributed by atoms with E-state index in [4.69, 9.17) is 0 Å². The van der Waals surface area contributed by atoms with E-state index in [-0.39, 0.29) is 11.4 Å². The van der Waals surface area contributed by atoms with Crippen LogP contribution in [0.2, 0.25) is 0 Å². The van der Waals surface area contributed by atoms with Crippen molar-refractivity contribution in [1.29, 1.82) is 0 Å². The van der Waals surface area contributed by atoms with E-state index in [9.17, 15) is 4.79 Å². The lowest BCUT2D eigenvalue weighted by molar-refractivity contribution is 0.262. The van der Waals surface area contributed by atoms with Gasteiger partial charge in [-0.1, -0.05) is 68.4 Å². The second-order valence-corrected chi connectivity index (χ2v) is 8.68. The fraction of sp³-hybridized carbons (Fsp3) is 0.217. The van der Waals surface area contributed by atoms with Gasteiger partial charge in [0.2, 0.25) is 0 Å². The molecular formula is C23H25N3OS. The molecule has 2 N–H and O–H groups in total. The zero-order valence-corrected chi connectivity index (χ0v) is 17.4. The molecule has 3 rings (SSSR count). The number of nitrogens with one attached hydrogen (secondary N) is 2. The van der Waals surface area contributed by atoms with Crippen LogP contribution in [0.3, 0.4) is 0 Å². The molecule has 0 atom stereocenters. The minimum atomic E-state index is -0.289. The quantitative estimate of drug-likeness (QED) is 0.535. The molecule has 0 saturated carbocycles. The van der Waals surface area contributed by atoms with Crippen molar-refractivity contribution < 1.29 is 4.79 Å². The fourth-order valence-electron chi connectivity index (χ4n) is 2.77. The molecule has 0 bridgehead atoms. The molecule has 1 heterocycles. The Morgan fingerprint density at radius 3 is 2.36 bits per heavy atom. The number of urea groups is 1. The molecule has 0 aliphatic rings. The van der Waals surface area contributed by atoms with Gasteiger partial charge in [-0.2, -0.15) is 0 Å². The molecule has 144 valence electrons. The van der Waals surface area contributed by atoms with Gasteiger partial charge in [0.25, 0.3) is 0 Å². The Morgan fingerprint density at radius 2 is 1.64 bits per heavy atom. The fourth-order valence-corrected chi connectivity index (χ4v) is 3.95. The second kappa shape index (κ2) is 8.48. The third-order valence-corrected chi connectivity index (χ3v) is 5.33. The molecule has 3 aromatic rings. The van der Waals surface area contributed by atoms with Crippen LogP contribution < -0.4 is 10.6 Å². The van der Waals surface area contributed by atoms with Crippen molar-refractivity contribution >= 4 is 29.2 Å². The van der Waals surface area contributed by atoms with Crippen LogP contribution in [0.1, 0.15) is 31.9 Å². The van der Waals surface area contributed by atoms with Crippen molar-refractivity contribution in [3.63, 3.8) is 0 Å². The summed E-state index contributed by atoms with van der Waals surface area (Å²) in [6.07, 6.45) is 1.74. The molecule has 0 spiro atoms. The maximum atomic E-state index is 12.4. The Morgan fingerprint density at radius 1 is 0.929 bits per heavy atom. The number of aryl methyl sites for hydroxylation is 1. The normalized spacial score (nSPS) is 11.1. The number of hydrogen-bond donors (Lipinski definition) is 2. The first kappa shape index (κ1) is 20.0. The maximum Gasteiger partial charge on any atom is 0.323 e. The standard InChI is InChI=1S/C23H25N3OS/c1-16-11-13-17(14-12-16)25-22(27)26-19-9-7-15-24-21(19)28-20-10-6-5-8-18(20)23(2,3)4/h5-15H,1-4H3,(H2,25,26,27). The third-order valence-electron chi connectivity index (χ3n) is 4.23. The van der Waals surface area contributed by atoms with E-state index >= 15 is 0 Å². The molecule has 2 aromatic carbocycles. The molecule has 0 unspecified atom stereocenters. The van der Waals surface area contributed by atoms with Gasteiger partial charge in [-0.25, -0.2) is 9.78 Å². The number of benzene rings is 2. The Hall–Kier alpha value is -2.79. The molecule has 0 aliphatic heterocycles. The van der Waals surface area contributed by atoms with Crippen molar-refractivity contribution in [1.82, 2.24) is 4.98 Å². The van der Waals surface area contributed by atoms with Gasteiger partial charge in [-0.05, 0) is 48.2 Å². The van der Waals surface area contributed by atoms with Gasteiger partial charge in [0.1, 0.15) is 5.03 Å². The highest BCUT2D eigenvalue weighted by Crippen LogP contribution is 2.38. The summed E-state index contributed by atoms with van der Waals surface area (Å²) < 4.78 is 0. The van der Waals surface area contributed by atoms with Gasteiger partial charge < -0.3 is 10.6 Å². The summed E-state index contributed by atoms with van der Waals surface area (Å²) in [5, 5.41) is 6.54. The molecule has 0 fully saturated rings. The van der Waals surface area contributed by atoms with Crippen molar-refractivity contribution in [3.8, 4) is 0 Å². The highest BCUT2D eigenvalue weighted by Gasteiger charge is 2.19. The Balaban J connectivity index is 1.79. The van der Waals surface area contributed by atoms with Gasteiger partial charge in [0.05, 0.1) is 5.69 Å². The van der Waals surface area contributed by atoms with E-state index < -0.39 is 0 Å². The van der Waals surface area contributed by atoms with E-state index in [2.05, 4.69) is 54.6 Å². The average molecular weight is 392 g/mol. The summed E-state index contributed by atoms with van der Waals surface area (Å²) >= 11 is 1.56. The largest absolute Gasteiger partial charge is 0.323 e. The first-order valence-corrected chi connectivity index (χ1v) is 10.0. The van der Waals surface area contributed by atoms with Crippen LogP contribution in [-0.2, 0) is 5.41 Å². The lowest BCUT2D eigenvalue weighted by Crippen LogP contribution is -2.20. The topological polar surface area (TPSA) is 54.0 Å². The summed E-state index contributed by atoms with van der Waals surface area (Å²) in [5.74, 6) is 0. The molecule has 5 heteroatoms. The van der Waals surface area contributed by atoms with Crippen LogP contribution in [-0.4, -0.2) is 11.0 Å². The predicted octanol–water partition coefficient (Wildman–Crippen LogP) is 6.48. The van der Waals surface area contributed by atoms with Crippen LogP contribution in [0.25, 0.3) is 0 Å². The lowest BCUT2D eigenvalue weighted by atomic mass is 9.87. The number of aromatic nitrogens is 1. The summed E-state index contributed by atoms with van der Waals surface area (Å²) in [6.45, 7) is 8.59. The minimum Gasteiger partial charge on any atom is -0.308 e. The summed E-state index contributed by atoms with van der Waals surface area (Å²) in [5.41, 5.74) is 3.85. The number of hydrogen-bond acceptors (Lipinski definition) is 3. The van der Waals surface area contributed by atoms with Crippen LogP contribution in [0.5, 0.6) is 0 Å². The Labute approximate surface area is 170 Å². The number of anilines is 2. The number of rotatable bonds is 4. The van der Waals surface area contributed by atoms with E-state index in [0.29, 0.717) is 5.69 Å². The monoisotopic (exact) mass is 391 g/mol. The first-order chi connectivity index (χ1) is 13.3. The van der Waals surface area contributed by atoms with Gasteiger partial charge in [0.15, 0.2) is 0 Å². The molecule has 28 heavy (non-hydrogen) atoms. The van der Waals surface area contributed by atoms with Crippen molar-refractivity contribution in [2.45, 2.75) is 43.0 Å². The highest BCUT2D eigenvalue weighted by atomic mass is 32.2. The summed E-state index contributed by atoms with van der Waals surface area (Å²) in [6, 6.07) is 19.4. The molecule has 0 aliphatic carbocycles. The zero-order chi connectivity index (χ0) is 20.1. The number of carbonyl (C=O) groups excluding carboxylic acids is 1. The lowest BCUT2D eigenvalue weighted by Gasteiger charge is -2.22. The second-order valence-electron chi connectivity index (χ2n) is 7.65. The molecule has 0 saturated heterocycles. The number of carbonyl (C=O) groups is 1. The summed E-state index contributed by atoms with van der Waals surface area (Å²) in [4.78, 5) is 18.1. The van der Waals surface area contributed by atoms with Crippen LogP contribution >= 0.6 is 11.8 Å². The van der Waals surface area contributed by atoms with Crippen LogP contribution in [0.15, 0.2) is 76.8 Å². The number of amides is 2. The molecular weight excluding hydrogens is 366 g/mol. The Kier molecular flexibility index (Phi) is 6.05. The van der Waals surface area contributed by atoms with E-state index in [1.54, 1.807) is 18.0 Å². The molecule has 4 nitrogen and oxygen atoms in total. The third kappa shape index (κ3) is 5.14. The van der Waals surface area contributed by atoms with E-state index in [1.165, 1.54) is 5.56 Å². The van der Waals surface area contributed by atoms with Gasteiger partial charge >= 0.3 is 6.03 Å². The van der Waals surface area contributed by atoms with Gasteiger partial charge in [0, 0.05) is 16.8 Å². The number of pyridine rings is 1. The Bertz CT molecular complexity index is 962. The van der Waals surface area contributed by atoms with E-state index in [0.717, 1.165) is 21.2 Å². The zero-order valence-electron chi connectivity index (χ0n) is 16.6. The highest BCUT2D eigenvalue weighted by molar-refractivity contribution is 7.99. The molecule has 1 aromatic heterocycles. The predicted molar refractivity (Wildman–Crippen MR) is 117 cm³/mol.